The molecular formula is C19H22N2O3. The first-order chi connectivity index (χ1) is 11.3. The van der Waals surface area contributed by atoms with E-state index >= 15 is 0 Å². The largest absolute Gasteiger partial charge is 0.311 e. The van der Waals surface area contributed by atoms with Crippen molar-refractivity contribution in [3.63, 3.8) is 0 Å². The summed E-state index contributed by atoms with van der Waals surface area (Å²) in [6.45, 7) is 8.39. The highest BCUT2D eigenvalue weighted by atomic mass is 16.2. The first kappa shape index (κ1) is 16.4. The van der Waals surface area contributed by atoms with Crippen molar-refractivity contribution in [3.8, 4) is 0 Å². The van der Waals surface area contributed by atoms with Gasteiger partial charge in [0.25, 0.3) is 11.8 Å². The molecular weight excluding hydrogens is 304 g/mol. The van der Waals surface area contributed by atoms with Crippen LogP contribution in [-0.4, -0.2) is 35.7 Å². The Kier molecular flexibility index (Phi) is 3.82. The standard InChI is InChI=1S/C19H22N2O3/c1-5-20-15(22)11-14(17(20)23)13-8-6-7-12-9-10-21(16(12)13)18(24)19(2,3)4/h6-8,11H,5,9-10H2,1-4H3. The number of benzene rings is 1. The van der Waals surface area contributed by atoms with Gasteiger partial charge in [-0.25, -0.2) is 0 Å². The molecule has 0 fully saturated rings. The number of fused-ring (bicyclic) bond motifs is 1. The zero-order valence-corrected chi connectivity index (χ0v) is 14.5. The predicted molar refractivity (Wildman–Crippen MR) is 92.3 cm³/mol. The highest BCUT2D eigenvalue weighted by molar-refractivity contribution is 6.34. The Morgan fingerprint density at radius 3 is 2.50 bits per heavy atom. The Morgan fingerprint density at radius 1 is 1.21 bits per heavy atom. The fourth-order valence-corrected chi connectivity index (χ4v) is 3.28. The summed E-state index contributed by atoms with van der Waals surface area (Å²) < 4.78 is 0. The van der Waals surface area contributed by atoms with Crippen LogP contribution >= 0.6 is 0 Å². The molecule has 5 heteroatoms. The minimum absolute atomic E-state index is 0.0263. The summed E-state index contributed by atoms with van der Waals surface area (Å²) in [6, 6.07) is 5.68. The van der Waals surface area contributed by atoms with Crippen LogP contribution in [0, 0.1) is 5.41 Å². The number of hydrogen-bond acceptors (Lipinski definition) is 3. The molecule has 1 aromatic rings. The van der Waals surface area contributed by atoms with Gasteiger partial charge in [0.1, 0.15) is 0 Å². The van der Waals surface area contributed by atoms with Crippen LogP contribution in [0.2, 0.25) is 0 Å². The topological polar surface area (TPSA) is 57.7 Å². The third kappa shape index (κ3) is 2.44. The van der Waals surface area contributed by atoms with E-state index in [-0.39, 0.29) is 17.7 Å². The third-order valence-electron chi connectivity index (χ3n) is 4.50. The number of amides is 3. The number of nitrogens with zero attached hydrogens (tertiary/aromatic N) is 2. The molecule has 2 aliphatic heterocycles. The van der Waals surface area contributed by atoms with Crippen LogP contribution in [0.4, 0.5) is 5.69 Å². The molecule has 0 saturated carbocycles. The molecule has 1 aromatic carbocycles. The first-order valence-electron chi connectivity index (χ1n) is 8.27. The molecule has 0 N–H and O–H groups in total. The van der Waals surface area contributed by atoms with Gasteiger partial charge in [0.15, 0.2) is 0 Å². The number of imide groups is 1. The average Bonchev–Trinajstić information content (AvgIpc) is 3.06. The zero-order valence-electron chi connectivity index (χ0n) is 14.5. The van der Waals surface area contributed by atoms with Gasteiger partial charge in [-0.2, -0.15) is 0 Å². The fraction of sp³-hybridized carbons (Fsp3) is 0.421. The highest BCUT2D eigenvalue weighted by Gasteiger charge is 2.37. The van der Waals surface area contributed by atoms with Gasteiger partial charge in [-0.1, -0.05) is 39.0 Å². The van der Waals surface area contributed by atoms with Crippen molar-refractivity contribution < 1.29 is 14.4 Å². The summed E-state index contributed by atoms with van der Waals surface area (Å²) >= 11 is 0. The van der Waals surface area contributed by atoms with E-state index in [1.54, 1.807) is 11.8 Å². The van der Waals surface area contributed by atoms with Gasteiger partial charge in [-0.15, -0.1) is 0 Å². The fourth-order valence-electron chi connectivity index (χ4n) is 3.28. The van der Waals surface area contributed by atoms with E-state index in [2.05, 4.69) is 0 Å². The maximum atomic E-state index is 12.8. The van der Waals surface area contributed by atoms with Crippen LogP contribution in [0.25, 0.3) is 5.57 Å². The molecule has 0 radical (unpaired) electrons. The molecule has 0 unspecified atom stereocenters. The number of carbonyl (C=O) groups is 3. The maximum absolute atomic E-state index is 12.8. The molecule has 0 atom stereocenters. The SMILES string of the molecule is CCN1C(=O)C=C(c2cccc3c2N(C(=O)C(C)(C)C)CC3)C1=O. The normalized spacial score (nSPS) is 17.4. The van der Waals surface area contributed by atoms with Crippen molar-refractivity contribution in [1.29, 1.82) is 0 Å². The summed E-state index contributed by atoms with van der Waals surface area (Å²) in [4.78, 5) is 40.4. The number of rotatable bonds is 2. The molecule has 0 aromatic heterocycles. The van der Waals surface area contributed by atoms with Crippen molar-refractivity contribution in [3.05, 3.63) is 35.4 Å². The Balaban J connectivity index is 2.09. The van der Waals surface area contributed by atoms with Crippen molar-refractivity contribution in [2.24, 2.45) is 5.41 Å². The highest BCUT2D eigenvalue weighted by Crippen LogP contribution is 2.39. The lowest BCUT2D eigenvalue weighted by molar-refractivity contribution is -0.136. The molecule has 0 aliphatic carbocycles. The molecule has 24 heavy (non-hydrogen) atoms. The van der Waals surface area contributed by atoms with Gasteiger partial charge in [-0.3, -0.25) is 19.3 Å². The molecule has 5 nitrogen and oxygen atoms in total. The van der Waals surface area contributed by atoms with E-state index in [4.69, 9.17) is 0 Å². The van der Waals surface area contributed by atoms with E-state index in [0.717, 1.165) is 17.7 Å². The lowest BCUT2D eigenvalue weighted by Crippen LogP contribution is -2.39. The van der Waals surface area contributed by atoms with Gasteiger partial charge in [0.05, 0.1) is 11.3 Å². The summed E-state index contributed by atoms with van der Waals surface area (Å²) in [6.07, 6.45) is 2.15. The Labute approximate surface area is 141 Å². The van der Waals surface area contributed by atoms with Crippen molar-refractivity contribution in [2.45, 2.75) is 34.1 Å². The van der Waals surface area contributed by atoms with Crippen LogP contribution in [-0.2, 0) is 20.8 Å². The number of likely N-dealkylation sites (N-methyl/N-ethyl adjacent to an activating group) is 1. The van der Waals surface area contributed by atoms with E-state index in [1.807, 2.05) is 39.0 Å². The van der Waals surface area contributed by atoms with Crippen LogP contribution in [0.15, 0.2) is 24.3 Å². The zero-order chi connectivity index (χ0) is 17.6. The molecule has 2 aliphatic rings. The summed E-state index contributed by atoms with van der Waals surface area (Å²) in [5.74, 6) is -0.550. The van der Waals surface area contributed by atoms with Gasteiger partial charge < -0.3 is 4.90 Å². The number of carbonyl (C=O) groups excluding carboxylic acids is 3. The Hall–Kier alpha value is -2.43. The molecule has 126 valence electrons. The minimum Gasteiger partial charge on any atom is -0.311 e. The Bertz CT molecular complexity index is 771. The van der Waals surface area contributed by atoms with Crippen molar-refractivity contribution >= 4 is 29.0 Å². The molecule has 0 saturated heterocycles. The van der Waals surface area contributed by atoms with E-state index in [0.29, 0.717) is 24.2 Å². The minimum atomic E-state index is -0.506. The lowest BCUT2D eigenvalue weighted by Gasteiger charge is -2.28. The molecule has 0 bridgehead atoms. The van der Waals surface area contributed by atoms with Gasteiger partial charge in [0.2, 0.25) is 5.91 Å². The number of hydrogen-bond donors (Lipinski definition) is 0. The van der Waals surface area contributed by atoms with Gasteiger partial charge >= 0.3 is 0 Å². The monoisotopic (exact) mass is 326 g/mol. The van der Waals surface area contributed by atoms with Crippen molar-refractivity contribution in [1.82, 2.24) is 4.90 Å². The number of para-hydroxylation sites is 1. The van der Waals surface area contributed by atoms with Gasteiger partial charge in [-0.05, 0) is 18.9 Å². The van der Waals surface area contributed by atoms with Crippen LogP contribution in [0.1, 0.15) is 38.8 Å². The smallest absolute Gasteiger partial charge is 0.261 e. The second-order valence-corrected chi connectivity index (χ2v) is 7.22. The van der Waals surface area contributed by atoms with Crippen molar-refractivity contribution in [2.75, 3.05) is 18.0 Å². The molecule has 2 heterocycles. The number of anilines is 1. The van der Waals surface area contributed by atoms with E-state index in [1.165, 1.54) is 11.0 Å². The van der Waals surface area contributed by atoms with E-state index in [9.17, 15) is 14.4 Å². The molecule has 0 spiro atoms. The van der Waals surface area contributed by atoms with Crippen LogP contribution in [0.5, 0.6) is 0 Å². The summed E-state index contributed by atoms with van der Waals surface area (Å²) in [5, 5.41) is 0. The lowest BCUT2D eigenvalue weighted by atomic mass is 9.93. The summed E-state index contributed by atoms with van der Waals surface area (Å²) in [7, 11) is 0. The van der Waals surface area contributed by atoms with Crippen LogP contribution in [0.3, 0.4) is 0 Å². The third-order valence-corrected chi connectivity index (χ3v) is 4.50. The molecule has 3 amide bonds. The first-order valence-corrected chi connectivity index (χ1v) is 8.27. The Morgan fingerprint density at radius 2 is 1.92 bits per heavy atom. The van der Waals surface area contributed by atoms with Crippen LogP contribution < -0.4 is 4.90 Å². The molecule has 3 rings (SSSR count). The second-order valence-electron chi connectivity index (χ2n) is 7.22. The summed E-state index contributed by atoms with van der Waals surface area (Å²) in [5.41, 5.74) is 2.38. The van der Waals surface area contributed by atoms with E-state index < -0.39 is 5.41 Å². The second kappa shape index (κ2) is 5.58. The predicted octanol–water partition coefficient (Wildman–Crippen LogP) is 2.39. The maximum Gasteiger partial charge on any atom is 0.261 e. The quantitative estimate of drug-likeness (QED) is 0.784. The van der Waals surface area contributed by atoms with Gasteiger partial charge in [0, 0.05) is 30.1 Å². The average molecular weight is 326 g/mol.